The minimum Gasteiger partial charge on any atom is -0.341 e. The van der Waals surface area contributed by atoms with Gasteiger partial charge in [0.05, 0.1) is 6.04 Å². The van der Waals surface area contributed by atoms with Crippen LogP contribution in [-0.4, -0.2) is 36.0 Å². The Balaban J connectivity index is 1.54. The zero-order chi connectivity index (χ0) is 12.6. The normalized spacial score (nSPS) is 31.9. The molecule has 0 aromatic rings. The molecule has 1 amide bonds. The molecule has 1 atom stereocenters. The van der Waals surface area contributed by atoms with Crippen LogP contribution in [0.2, 0.25) is 0 Å². The van der Waals surface area contributed by atoms with E-state index in [1.54, 1.807) is 0 Å². The number of likely N-dealkylation sites (tertiary alicyclic amines) is 1. The standard InChI is InChI=1S/C15H26N2O/c1-15(8-3-2-4-9-15)11-17-10-7-13(14(17)18)16-12-5-6-12/h12-13,16H,2-11H2,1H3. The van der Waals surface area contributed by atoms with Crippen LogP contribution in [0.5, 0.6) is 0 Å². The van der Waals surface area contributed by atoms with Crippen LogP contribution in [0.4, 0.5) is 0 Å². The van der Waals surface area contributed by atoms with Gasteiger partial charge in [-0.1, -0.05) is 26.2 Å². The lowest BCUT2D eigenvalue weighted by molar-refractivity contribution is -0.131. The first kappa shape index (κ1) is 12.5. The SMILES string of the molecule is CC1(CN2CCC(NC3CC3)C2=O)CCCCC1. The van der Waals surface area contributed by atoms with E-state index in [2.05, 4.69) is 17.1 Å². The van der Waals surface area contributed by atoms with Gasteiger partial charge in [0, 0.05) is 19.1 Å². The summed E-state index contributed by atoms with van der Waals surface area (Å²) < 4.78 is 0. The number of rotatable bonds is 4. The van der Waals surface area contributed by atoms with E-state index in [1.807, 2.05) is 0 Å². The first-order valence-electron chi connectivity index (χ1n) is 7.71. The van der Waals surface area contributed by atoms with Gasteiger partial charge in [-0.25, -0.2) is 0 Å². The molecule has 3 fully saturated rings. The van der Waals surface area contributed by atoms with Gasteiger partial charge in [0.25, 0.3) is 0 Å². The highest BCUT2D eigenvalue weighted by Crippen LogP contribution is 2.37. The van der Waals surface area contributed by atoms with Gasteiger partial charge in [-0.15, -0.1) is 0 Å². The molecule has 3 rings (SSSR count). The second kappa shape index (κ2) is 4.84. The Labute approximate surface area is 110 Å². The Morgan fingerprint density at radius 2 is 1.94 bits per heavy atom. The van der Waals surface area contributed by atoms with Crippen LogP contribution in [-0.2, 0) is 4.79 Å². The third-order valence-corrected chi connectivity index (χ3v) is 4.94. The van der Waals surface area contributed by atoms with Gasteiger partial charge in [-0.05, 0) is 37.5 Å². The van der Waals surface area contributed by atoms with Crippen molar-refractivity contribution in [2.24, 2.45) is 5.41 Å². The van der Waals surface area contributed by atoms with Gasteiger partial charge in [0.15, 0.2) is 0 Å². The predicted octanol–water partition coefficient (Wildman–Crippen LogP) is 2.31. The first-order valence-corrected chi connectivity index (χ1v) is 7.71. The maximum Gasteiger partial charge on any atom is 0.239 e. The monoisotopic (exact) mass is 250 g/mol. The summed E-state index contributed by atoms with van der Waals surface area (Å²) in [6.07, 6.45) is 10.2. The Hall–Kier alpha value is -0.570. The van der Waals surface area contributed by atoms with Crippen molar-refractivity contribution >= 4 is 5.91 Å². The maximum absolute atomic E-state index is 12.3. The molecule has 2 saturated carbocycles. The van der Waals surface area contributed by atoms with Crippen LogP contribution in [0.3, 0.4) is 0 Å². The highest BCUT2D eigenvalue weighted by Gasteiger charge is 2.38. The molecule has 102 valence electrons. The van der Waals surface area contributed by atoms with Gasteiger partial charge in [0.2, 0.25) is 5.91 Å². The van der Waals surface area contributed by atoms with E-state index < -0.39 is 0 Å². The van der Waals surface area contributed by atoms with Crippen LogP contribution in [0.1, 0.15) is 58.3 Å². The smallest absolute Gasteiger partial charge is 0.239 e. The molecule has 1 saturated heterocycles. The van der Waals surface area contributed by atoms with Crippen molar-refractivity contribution < 1.29 is 4.79 Å². The van der Waals surface area contributed by atoms with Crippen molar-refractivity contribution in [3.63, 3.8) is 0 Å². The molecule has 2 aliphatic carbocycles. The highest BCUT2D eigenvalue weighted by molar-refractivity contribution is 5.84. The molecule has 3 nitrogen and oxygen atoms in total. The third-order valence-electron chi connectivity index (χ3n) is 4.94. The fourth-order valence-corrected chi connectivity index (χ4v) is 3.61. The zero-order valence-electron chi connectivity index (χ0n) is 11.6. The minimum atomic E-state index is 0.129. The topological polar surface area (TPSA) is 32.3 Å². The van der Waals surface area contributed by atoms with Crippen LogP contribution in [0.25, 0.3) is 0 Å². The molecule has 18 heavy (non-hydrogen) atoms. The summed E-state index contributed by atoms with van der Waals surface area (Å²) in [6.45, 7) is 4.34. The van der Waals surface area contributed by atoms with Crippen molar-refractivity contribution in [1.29, 1.82) is 0 Å². The van der Waals surface area contributed by atoms with E-state index in [1.165, 1.54) is 44.9 Å². The lowest BCUT2D eigenvalue weighted by Gasteiger charge is -2.37. The number of nitrogens with zero attached hydrogens (tertiary/aromatic N) is 1. The third kappa shape index (κ3) is 2.71. The van der Waals surface area contributed by atoms with Crippen LogP contribution in [0, 0.1) is 5.41 Å². The van der Waals surface area contributed by atoms with Crippen LogP contribution >= 0.6 is 0 Å². The number of amides is 1. The van der Waals surface area contributed by atoms with Crippen molar-refractivity contribution in [3.05, 3.63) is 0 Å². The van der Waals surface area contributed by atoms with Gasteiger partial charge >= 0.3 is 0 Å². The molecule has 1 unspecified atom stereocenters. The highest BCUT2D eigenvalue weighted by atomic mass is 16.2. The fraction of sp³-hybridized carbons (Fsp3) is 0.933. The number of carbonyl (C=O) groups is 1. The molecule has 0 bridgehead atoms. The van der Waals surface area contributed by atoms with E-state index in [9.17, 15) is 4.79 Å². The second-order valence-corrected chi connectivity index (χ2v) is 6.91. The second-order valence-electron chi connectivity index (χ2n) is 6.91. The van der Waals surface area contributed by atoms with E-state index in [0.717, 1.165) is 19.5 Å². The molecule has 3 heteroatoms. The van der Waals surface area contributed by atoms with E-state index >= 15 is 0 Å². The lowest BCUT2D eigenvalue weighted by Crippen LogP contribution is -2.43. The molecule has 1 heterocycles. The molecule has 0 aromatic heterocycles. The summed E-state index contributed by atoms with van der Waals surface area (Å²) >= 11 is 0. The molecule has 0 aromatic carbocycles. The Morgan fingerprint density at radius 3 is 2.61 bits per heavy atom. The Kier molecular flexibility index (Phi) is 3.35. The Morgan fingerprint density at radius 1 is 1.22 bits per heavy atom. The molecule has 1 aliphatic heterocycles. The molecule has 1 N–H and O–H groups in total. The Bertz CT molecular complexity index is 318. The maximum atomic E-state index is 12.3. The van der Waals surface area contributed by atoms with Crippen molar-refractivity contribution in [1.82, 2.24) is 10.2 Å². The van der Waals surface area contributed by atoms with Gasteiger partial charge in [-0.3, -0.25) is 4.79 Å². The fourth-order valence-electron chi connectivity index (χ4n) is 3.61. The summed E-state index contributed by atoms with van der Waals surface area (Å²) in [4.78, 5) is 14.5. The molecular weight excluding hydrogens is 224 g/mol. The van der Waals surface area contributed by atoms with Crippen molar-refractivity contribution in [2.75, 3.05) is 13.1 Å². The summed E-state index contributed by atoms with van der Waals surface area (Å²) in [7, 11) is 0. The minimum absolute atomic E-state index is 0.129. The summed E-state index contributed by atoms with van der Waals surface area (Å²) in [5.41, 5.74) is 0.391. The predicted molar refractivity (Wildman–Crippen MR) is 72.3 cm³/mol. The quantitative estimate of drug-likeness (QED) is 0.830. The number of nitrogens with one attached hydrogen (secondary N) is 1. The van der Waals surface area contributed by atoms with E-state index in [4.69, 9.17) is 0 Å². The molecule has 0 spiro atoms. The van der Waals surface area contributed by atoms with Crippen LogP contribution in [0.15, 0.2) is 0 Å². The average Bonchev–Trinajstić information content (AvgIpc) is 3.10. The molecule has 3 aliphatic rings. The van der Waals surface area contributed by atoms with Gasteiger partial charge in [-0.2, -0.15) is 0 Å². The van der Waals surface area contributed by atoms with Gasteiger partial charge < -0.3 is 10.2 Å². The van der Waals surface area contributed by atoms with E-state index in [-0.39, 0.29) is 6.04 Å². The number of carbonyl (C=O) groups excluding carboxylic acids is 1. The first-order chi connectivity index (χ1) is 8.66. The largest absolute Gasteiger partial charge is 0.341 e. The number of hydrogen-bond acceptors (Lipinski definition) is 2. The zero-order valence-corrected chi connectivity index (χ0v) is 11.6. The van der Waals surface area contributed by atoms with E-state index in [0.29, 0.717) is 17.4 Å². The summed E-state index contributed by atoms with van der Waals surface area (Å²) in [5.74, 6) is 0.369. The summed E-state index contributed by atoms with van der Waals surface area (Å²) in [6, 6.07) is 0.772. The number of hydrogen-bond donors (Lipinski definition) is 1. The van der Waals surface area contributed by atoms with Gasteiger partial charge in [0.1, 0.15) is 0 Å². The van der Waals surface area contributed by atoms with Crippen LogP contribution < -0.4 is 5.32 Å². The lowest BCUT2D eigenvalue weighted by atomic mass is 9.75. The average molecular weight is 250 g/mol. The molecule has 0 radical (unpaired) electrons. The molecular formula is C15H26N2O. The van der Waals surface area contributed by atoms with Crippen molar-refractivity contribution in [3.8, 4) is 0 Å². The summed E-state index contributed by atoms with van der Waals surface area (Å²) in [5, 5.41) is 3.49. The van der Waals surface area contributed by atoms with Crippen molar-refractivity contribution in [2.45, 2.75) is 70.4 Å².